The number of rotatable bonds is 5. The Hall–Kier alpha value is -3.16. The topological polar surface area (TPSA) is 107 Å². The molecule has 2 heterocycles. The molecule has 1 aromatic heterocycles. The van der Waals surface area contributed by atoms with E-state index in [9.17, 15) is 14.4 Å². The number of H-pyrrole nitrogens is 1. The number of imidazole rings is 1. The lowest BCUT2D eigenvalue weighted by Crippen LogP contribution is -2.49. The molecule has 0 radical (unpaired) electrons. The number of amides is 4. The van der Waals surface area contributed by atoms with Gasteiger partial charge in [0.1, 0.15) is 17.9 Å². The zero-order valence-corrected chi connectivity index (χ0v) is 16.4. The summed E-state index contributed by atoms with van der Waals surface area (Å²) in [5.74, 6) is -0.0703. The number of hydrogen-bond acceptors (Lipinski definition) is 4. The van der Waals surface area contributed by atoms with Crippen LogP contribution in [0.2, 0.25) is 0 Å². The fourth-order valence-electron chi connectivity index (χ4n) is 4.13. The number of carbonyl (C=O) groups is 3. The minimum Gasteiger partial charge on any atom is -0.345 e. The highest BCUT2D eigenvalue weighted by Crippen LogP contribution is 2.33. The molecule has 1 atom stereocenters. The molecule has 8 nitrogen and oxygen atoms in total. The van der Waals surface area contributed by atoms with Gasteiger partial charge in [-0.2, -0.15) is 0 Å². The molecule has 1 aliphatic heterocycles. The zero-order valence-electron chi connectivity index (χ0n) is 16.4. The quantitative estimate of drug-likeness (QED) is 0.676. The number of aromatic amines is 1. The predicted octanol–water partition coefficient (Wildman–Crippen LogP) is 2.51. The largest absolute Gasteiger partial charge is 0.345 e. The van der Waals surface area contributed by atoms with Crippen LogP contribution in [0.3, 0.4) is 0 Å². The lowest BCUT2D eigenvalue weighted by atomic mass is 9.82. The van der Waals surface area contributed by atoms with E-state index < -0.39 is 17.5 Å². The summed E-state index contributed by atoms with van der Waals surface area (Å²) in [6.45, 7) is 1.52. The molecule has 29 heavy (non-hydrogen) atoms. The third-order valence-corrected chi connectivity index (χ3v) is 5.72. The number of imide groups is 1. The first-order valence-corrected chi connectivity index (χ1v) is 10.0. The van der Waals surface area contributed by atoms with E-state index in [0.717, 1.165) is 35.4 Å². The number of carbonyl (C=O) groups excluding carboxylic acids is 3. The molecule has 1 saturated heterocycles. The molecule has 152 valence electrons. The number of nitrogens with zero attached hydrogens (tertiary/aromatic N) is 2. The molecular formula is C21H25N5O3. The average Bonchev–Trinajstić information content (AvgIpc) is 3.30. The first kappa shape index (κ1) is 19.2. The molecule has 4 amide bonds. The fourth-order valence-corrected chi connectivity index (χ4v) is 4.13. The van der Waals surface area contributed by atoms with Crippen molar-refractivity contribution in [1.29, 1.82) is 0 Å². The van der Waals surface area contributed by atoms with E-state index >= 15 is 0 Å². The number of urea groups is 1. The van der Waals surface area contributed by atoms with Crippen LogP contribution in [0.1, 0.15) is 50.9 Å². The van der Waals surface area contributed by atoms with Crippen LogP contribution >= 0.6 is 0 Å². The van der Waals surface area contributed by atoms with Crippen molar-refractivity contribution in [2.75, 3.05) is 6.54 Å². The summed E-state index contributed by atoms with van der Waals surface area (Å²) in [6, 6.07) is 8.90. The van der Waals surface area contributed by atoms with Crippen LogP contribution in [-0.2, 0) is 9.59 Å². The van der Waals surface area contributed by atoms with E-state index in [4.69, 9.17) is 0 Å². The molecule has 1 saturated carbocycles. The Labute approximate surface area is 169 Å². The zero-order chi connectivity index (χ0) is 20.4. The van der Waals surface area contributed by atoms with Crippen molar-refractivity contribution in [2.24, 2.45) is 0 Å². The van der Waals surface area contributed by atoms with E-state index in [1.54, 1.807) is 13.1 Å². The maximum absolute atomic E-state index is 12.8. The molecule has 3 N–H and O–H groups in total. The Bertz CT molecular complexity index is 917. The van der Waals surface area contributed by atoms with Crippen LogP contribution in [0.4, 0.5) is 4.79 Å². The van der Waals surface area contributed by atoms with Crippen LogP contribution in [0.25, 0.3) is 11.3 Å². The number of benzene rings is 1. The smallest absolute Gasteiger partial charge is 0.325 e. The van der Waals surface area contributed by atoms with E-state index in [1.165, 1.54) is 0 Å². The molecule has 0 bridgehead atoms. The van der Waals surface area contributed by atoms with Gasteiger partial charge in [0.05, 0.1) is 17.9 Å². The minimum absolute atomic E-state index is 0.283. The Kier molecular flexibility index (Phi) is 5.08. The van der Waals surface area contributed by atoms with Crippen molar-refractivity contribution < 1.29 is 14.4 Å². The normalized spacial score (nSPS) is 19.3. The Morgan fingerprint density at radius 3 is 2.66 bits per heavy atom. The van der Waals surface area contributed by atoms with Gasteiger partial charge in [0.2, 0.25) is 5.91 Å². The first-order valence-electron chi connectivity index (χ1n) is 10.0. The first-order chi connectivity index (χ1) is 14.0. The highest BCUT2D eigenvalue weighted by atomic mass is 16.2. The maximum atomic E-state index is 12.8. The van der Waals surface area contributed by atoms with E-state index in [-0.39, 0.29) is 18.5 Å². The van der Waals surface area contributed by atoms with Gasteiger partial charge in [-0.25, -0.2) is 9.78 Å². The van der Waals surface area contributed by atoms with Crippen LogP contribution in [0, 0.1) is 0 Å². The summed E-state index contributed by atoms with van der Waals surface area (Å²) in [5, 5.41) is 5.63. The molecule has 4 rings (SSSR count). The van der Waals surface area contributed by atoms with Crippen LogP contribution < -0.4 is 10.6 Å². The second-order valence-electron chi connectivity index (χ2n) is 7.80. The highest BCUT2D eigenvalue weighted by molar-refractivity contribution is 6.09. The van der Waals surface area contributed by atoms with Gasteiger partial charge >= 0.3 is 6.03 Å². The van der Waals surface area contributed by atoms with Gasteiger partial charge in [-0.05, 0) is 25.3 Å². The number of aromatic nitrogens is 2. The van der Waals surface area contributed by atoms with Crippen molar-refractivity contribution >= 4 is 17.8 Å². The Morgan fingerprint density at radius 1 is 1.21 bits per heavy atom. The van der Waals surface area contributed by atoms with Gasteiger partial charge in [-0.15, -0.1) is 0 Å². The summed E-state index contributed by atoms with van der Waals surface area (Å²) in [5.41, 5.74) is 1.05. The average molecular weight is 395 g/mol. The Balaban J connectivity index is 1.38. The van der Waals surface area contributed by atoms with Gasteiger partial charge in [-0.3, -0.25) is 14.5 Å². The minimum atomic E-state index is -0.813. The lowest BCUT2D eigenvalue weighted by molar-refractivity contribution is -0.136. The van der Waals surface area contributed by atoms with Gasteiger partial charge in [0.25, 0.3) is 5.91 Å². The second kappa shape index (κ2) is 7.69. The summed E-state index contributed by atoms with van der Waals surface area (Å²) in [6.07, 6.45) is 5.88. The molecule has 1 unspecified atom stereocenters. The van der Waals surface area contributed by atoms with Crippen LogP contribution in [0.15, 0.2) is 36.5 Å². The SMILES string of the molecule is CC(NC(=O)CN1C(=O)NC2(CCCCC2)C1=O)c1ncc(-c2ccccc2)[nH]1. The lowest BCUT2D eigenvalue weighted by Gasteiger charge is -2.30. The van der Waals surface area contributed by atoms with Crippen molar-refractivity contribution in [3.05, 3.63) is 42.4 Å². The summed E-state index contributed by atoms with van der Waals surface area (Å²) >= 11 is 0. The van der Waals surface area contributed by atoms with Crippen molar-refractivity contribution in [3.63, 3.8) is 0 Å². The number of nitrogens with one attached hydrogen (secondary N) is 3. The summed E-state index contributed by atoms with van der Waals surface area (Å²) in [7, 11) is 0. The molecule has 1 spiro atoms. The monoisotopic (exact) mass is 395 g/mol. The van der Waals surface area contributed by atoms with Gasteiger partial charge < -0.3 is 15.6 Å². The molecule has 1 aliphatic carbocycles. The molecule has 2 aromatic rings. The molecule has 1 aromatic carbocycles. The molecular weight excluding hydrogens is 370 g/mol. The van der Waals surface area contributed by atoms with E-state index in [0.29, 0.717) is 18.7 Å². The second-order valence-corrected chi connectivity index (χ2v) is 7.80. The summed E-state index contributed by atoms with van der Waals surface area (Å²) in [4.78, 5) is 46.2. The third kappa shape index (κ3) is 3.74. The van der Waals surface area contributed by atoms with Crippen molar-refractivity contribution in [2.45, 2.75) is 50.6 Å². The van der Waals surface area contributed by atoms with Gasteiger partial charge in [0, 0.05) is 0 Å². The van der Waals surface area contributed by atoms with E-state index in [1.807, 2.05) is 30.3 Å². The molecule has 8 heteroatoms. The van der Waals surface area contributed by atoms with Crippen molar-refractivity contribution in [3.8, 4) is 11.3 Å². The standard InChI is InChI=1S/C21H25N5O3/c1-14(18-22-12-16(24-18)15-8-4-2-5-9-15)23-17(27)13-26-19(28)21(25-20(26)29)10-6-3-7-11-21/h2,4-5,8-9,12,14H,3,6-7,10-11,13H2,1H3,(H,22,24)(H,23,27)(H,25,29). The molecule has 2 fully saturated rings. The van der Waals surface area contributed by atoms with Crippen LogP contribution in [0.5, 0.6) is 0 Å². The summed E-state index contributed by atoms with van der Waals surface area (Å²) < 4.78 is 0. The van der Waals surface area contributed by atoms with Crippen LogP contribution in [-0.4, -0.2) is 44.8 Å². The fraction of sp³-hybridized carbons (Fsp3) is 0.429. The highest BCUT2D eigenvalue weighted by Gasteiger charge is 2.51. The predicted molar refractivity (Wildman–Crippen MR) is 107 cm³/mol. The molecule has 2 aliphatic rings. The Morgan fingerprint density at radius 2 is 1.93 bits per heavy atom. The van der Waals surface area contributed by atoms with Gasteiger partial charge in [-0.1, -0.05) is 49.6 Å². The third-order valence-electron chi connectivity index (χ3n) is 5.72. The van der Waals surface area contributed by atoms with E-state index in [2.05, 4.69) is 20.6 Å². The maximum Gasteiger partial charge on any atom is 0.325 e. The van der Waals surface area contributed by atoms with Gasteiger partial charge in [0.15, 0.2) is 0 Å². The number of hydrogen-bond donors (Lipinski definition) is 3. The van der Waals surface area contributed by atoms with Crippen molar-refractivity contribution in [1.82, 2.24) is 25.5 Å².